The summed E-state index contributed by atoms with van der Waals surface area (Å²) in [7, 11) is 0. The fourth-order valence-electron chi connectivity index (χ4n) is 14.6. The van der Waals surface area contributed by atoms with Crippen LogP contribution >= 0.6 is 11.3 Å². The number of fused-ring (bicyclic) bond motifs is 19. The zero-order valence-electron chi connectivity index (χ0n) is 45.0. The van der Waals surface area contributed by atoms with E-state index in [1.54, 1.807) is 0 Å². The first kappa shape index (κ1) is 46.5. The van der Waals surface area contributed by atoms with Crippen molar-refractivity contribution in [3.8, 4) is 40.3 Å². The van der Waals surface area contributed by atoms with Crippen LogP contribution in [0.15, 0.2) is 255 Å². The fourth-order valence-corrected chi connectivity index (χ4v) is 15.8. The van der Waals surface area contributed by atoms with E-state index < -0.39 is 0 Å². The highest BCUT2D eigenvalue weighted by atomic mass is 32.1. The number of nitrogens with zero attached hydrogens (tertiary/aromatic N) is 6. The third kappa shape index (κ3) is 6.25. The van der Waals surface area contributed by atoms with Crippen molar-refractivity contribution in [2.75, 3.05) is 0 Å². The summed E-state index contributed by atoms with van der Waals surface area (Å²) in [4.78, 5) is 0. The normalized spacial score (nSPS) is 12.1. The molecule has 84 heavy (non-hydrogen) atoms. The molecule has 0 atom stereocenters. The molecular weight excluding hydrogens is 1040 g/mol. The summed E-state index contributed by atoms with van der Waals surface area (Å²) in [6.07, 6.45) is 0. The smallest absolute Gasteiger partial charge is 0.104 e. The lowest BCUT2D eigenvalue weighted by Gasteiger charge is -2.26. The van der Waals surface area contributed by atoms with E-state index in [2.05, 4.69) is 285 Å². The maximum atomic E-state index is 12.8. The monoisotopic (exact) mass is 1080 g/mol. The highest BCUT2D eigenvalue weighted by Crippen LogP contribution is 2.50. The van der Waals surface area contributed by atoms with E-state index >= 15 is 0 Å². The average Bonchev–Trinajstić information content (AvgIpc) is 3.43. The molecule has 5 heterocycles. The lowest BCUT2D eigenvalue weighted by Crippen LogP contribution is -2.17. The van der Waals surface area contributed by atoms with Gasteiger partial charge in [-0.15, -0.1) is 11.3 Å². The van der Waals surface area contributed by atoms with Gasteiger partial charge in [0, 0.05) is 68.8 Å². The van der Waals surface area contributed by atoms with Crippen LogP contribution < -0.4 is 0 Å². The van der Waals surface area contributed by atoms with Gasteiger partial charge in [-0.2, -0.15) is 10.5 Å². The molecule has 0 bridgehead atoms. The highest BCUT2D eigenvalue weighted by molar-refractivity contribution is 7.26. The number of thiophene rings is 1. The van der Waals surface area contributed by atoms with Crippen molar-refractivity contribution < 1.29 is 0 Å². The zero-order valence-corrected chi connectivity index (χ0v) is 45.9. The molecule has 0 spiro atoms. The maximum absolute atomic E-state index is 12.8. The Labute approximate surface area is 484 Å². The van der Waals surface area contributed by atoms with E-state index in [9.17, 15) is 10.5 Å². The topological polar surface area (TPSA) is 67.3 Å². The minimum atomic E-state index is 0.240. The molecule has 0 N–H and O–H groups in total. The molecule has 18 rings (SSSR count). The van der Waals surface area contributed by atoms with Crippen LogP contribution in [-0.4, -0.2) is 18.3 Å². The van der Waals surface area contributed by atoms with Crippen molar-refractivity contribution in [1.82, 2.24) is 18.3 Å². The number of hydrogen-bond donors (Lipinski definition) is 0. The largest absolute Gasteiger partial charge is 0.336 e. The lowest BCUT2D eigenvalue weighted by molar-refractivity contribution is 0.851. The molecule has 0 saturated heterocycles. The van der Waals surface area contributed by atoms with Gasteiger partial charge in [-0.3, -0.25) is 0 Å². The minimum Gasteiger partial charge on any atom is -0.336 e. The Morgan fingerprint density at radius 3 is 1.25 bits per heavy atom. The SMILES string of the molecule is N#Cc1c(Cn2c3cccc(-c4cccc5ccc6ccccc6c45)c3c3c4sc5ccccc5c4ccc32)c(-n2c3ccccc3c3ccccc32)c(C#N)c(-n2c3ccccc3c3ccccc32)c1-n1c2ccccc2c2ccccc21. The van der Waals surface area contributed by atoms with Crippen molar-refractivity contribution >= 4 is 140 Å². The number of nitriles is 2. The second-order valence-corrected chi connectivity index (χ2v) is 23.1. The van der Waals surface area contributed by atoms with E-state index in [0.29, 0.717) is 28.2 Å². The van der Waals surface area contributed by atoms with Crippen molar-refractivity contribution in [2.24, 2.45) is 0 Å². The second-order valence-electron chi connectivity index (χ2n) is 22.0. The summed E-state index contributed by atoms with van der Waals surface area (Å²) in [5.41, 5.74) is 13.6. The standard InChI is InChI=1S/C77H44N6S/c78-43-59-61(45-80-68-37-18-30-57(56-29-17-20-47-40-39-46-19-1-2-21-48(46)71(47)56)72(68)73-69(80)42-41-58-55-28-9-16-38-70(55)84-77(58)73)74(81-62-31-10-3-22-49(62)50-23-4-11-32-63(50)81)60(44-79)76(83-66-35-14-7-26-53(66)54-27-8-15-36-67(54)83)75(59)82-64-33-12-5-24-51(64)52-25-6-13-34-65(52)82/h1-42H,45H2. The Balaban J connectivity index is 1.06. The van der Waals surface area contributed by atoms with Gasteiger partial charge in [0.25, 0.3) is 0 Å². The number of rotatable bonds is 6. The molecular formula is C77H44N6S. The molecule has 0 unspecified atom stereocenters. The predicted molar refractivity (Wildman–Crippen MR) is 351 cm³/mol. The quantitative estimate of drug-likeness (QED) is 0.156. The van der Waals surface area contributed by atoms with E-state index in [1.165, 1.54) is 47.1 Å². The Bertz CT molecular complexity index is 5840. The molecule has 13 aromatic carbocycles. The molecule has 0 amide bonds. The van der Waals surface area contributed by atoms with Crippen LogP contribution in [0, 0.1) is 22.7 Å². The van der Waals surface area contributed by atoms with Crippen molar-refractivity contribution in [1.29, 1.82) is 10.5 Å². The van der Waals surface area contributed by atoms with Crippen LogP contribution in [0.25, 0.3) is 157 Å². The van der Waals surface area contributed by atoms with Gasteiger partial charge in [-0.05, 0) is 87.3 Å². The van der Waals surface area contributed by atoms with Crippen LogP contribution in [0.3, 0.4) is 0 Å². The zero-order chi connectivity index (χ0) is 55.3. The molecule has 0 aliphatic heterocycles. The summed E-state index contributed by atoms with van der Waals surface area (Å²) in [5.74, 6) is 0. The summed E-state index contributed by atoms with van der Waals surface area (Å²) in [5, 5.41) is 41.4. The Morgan fingerprint density at radius 1 is 0.298 bits per heavy atom. The Morgan fingerprint density at radius 2 is 0.702 bits per heavy atom. The van der Waals surface area contributed by atoms with E-state index in [-0.39, 0.29) is 6.54 Å². The van der Waals surface area contributed by atoms with Gasteiger partial charge in [-0.1, -0.05) is 200 Å². The minimum absolute atomic E-state index is 0.240. The first-order chi connectivity index (χ1) is 41.7. The number of benzene rings is 13. The summed E-state index contributed by atoms with van der Waals surface area (Å²) in [6.45, 7) is 0.240. The number of aromatic nitrogens is 4. The first-order valence-electron chi connectivity index (χ1n) is 28.4. The van der Waals surface area contributed by atoms with Gasteiger partial charge in [0.2, 0.25) is 0 Å². The van der Waals surface area contributed by atoms with Crippen molar-refractivity contribution in [3.05, 3.63) is 271 Å². The van der Waals surface area contributed by atoms with Gasteiger partial charge in [-0.25, -0.2) is 0 Å². The van der Waals surface area contributed by atoms with Crippen molar-refractivity contribution in [3.63, 3.8) is 0 Å². The van der Waals surface area contributed by atoms with E-state index in [4.69, 9.17) is 0 Å². The molecule has 0 radical (unpaired) electrons. The molecule has 5 aromatic heterocycles. The van der Waals surface area contributed by atoms with E-state index in [1.807, 2.05) is 11.3 Å². The molecule has 18 aromatic rings. The van der Waals surface area contributed by atoms with Crippen LogP contribution in [-0.2, 0) is 6.54 Å². The van der Waals surface area contributed by atoms with Gasteiger partial charge < -0.3 is 18.3 Å². The molecule has 0 fully saturated rings. The summed E-state index contributed by atoms with van der Waals surface area (Å²) < 4.78 is 11.7. The highest BCUT2D eigenvalue weighted by Gasteiger charge is 2.34. The lowest BCUT2D eigenvalue weighted by atomic mass is 9.91. The van der Waals surface area contributed by atoms with Crippen LogP contribution in [0.4, 0.5) is 0 Å². The second kappa shape index (κ2) is 17.6. The Hall–Kier alpha value is -11.2. The molecule has 0 aliphatic rings. The number of hydrogen-bond acceptors (Lipinski definition) is 3. The van der Waals surface area contributed by atoms with Crippen molar-refractivity contribution in [2.45, 2.75) is 6.54 Å². The predicted octanol–water partition coefficient (Wildman–Crippen LogP) is 20.2. The summed E-state index contributed by atoms with van der Waals surface area (Å²) >= 11 is 1.84. The van der Waals surface area contributed by atoms with Crippen LogP contribution in [0.5, 0.6) is 0 Å². The third-order valence-corrected chi connectivity index (χ3v) is 19.1. The van der Waals surface area contributed by atoms with Gasteiger partial charge in [0.15, 0.2) is 0 Å². The van der Waals surface area contributed by atoms with Gasteiger partial charge in [0.05, 0.1) is 73.3 Å². The number of para-hydroxylation sites is 6. The molecule has 7 heteroatoms. The average molecular weight is 1090 g/mol. The van der Waals surface area contributed by atoms with Crippen LogP contribution in [0.1, 0.15) is 16.7 Å². The molecule has 388 valence electrons. The Kier molecular flexibility index (Phi) is 9.77. The van der Waals surface area contributed by atoms with Crippen LogP contribution in [0.2, 0.25) is 0 Å². The first-order valence-corrected chi connectivity index (χ1v) is 29.2. The van der Waals surface area contributed by atoms with Gasteiger partial charge >= 0.3 is 0 Å². The van der Waals surface area contributed by atoms with Gasteiger partial charge in [0.1, 0.15) is 17.7 Å². The maximum Gasteiger partial charge on any atom is 0.104 e. The molecule has 0 saturated carbocycles. The third-order valence-electron chi connectivity index (χ3n) is 17.9. The fraction of sp³-hybridized carbons (Fsp3) is 0.0130. The van der Waals surface area contributed by atoms with E-state index in [0.717, 1.165) is 98.5 Å². The summed E-state index contributed by atoms with van der Waals surface area (Å²) in [6, 6.07) is 96.9. The molecule has 6 nitrogen and oxygen atoms in total. The molecule has 0 aliphatic carbocycles.